The number of ether oxygens (including phenoxy) is 1. The molecule has 0 radical (unpaired) electrons. The van der Waals surface area contributed by atoms with Crippen LogP contribution in [0.4, 0.5) is 5.69 Å². The summed E-state index contributed by atoms with van der Waals surface area (Å²) in [5.74, 6) is 0.712. The van der Waals surface area contributed by atoms with Crippen molar-refractivity contribution >= 4 is 39.9 Å². The Morgan fingerprint density at radius 3 is 2.81 bits per heavy atom. The van der Waals surface area contributed by atoms with Gasteiger partial charge in [-0.25, -0.2) is 0 Å². The van der Waals surface area contributed by atoms with E-state index in [0.29, 0.717) is 18.9 Å². The summed E-state index contributed by atoms with van der Waals surface area (Å²) < 4.78 is 6.23. The molecule has 0 saturated heterocycles. The second kappa shape index (κ2) is 7.22. The number of hydrogen-bond acceptors (Lipinski definition) is 3. The van der Waals surface area contributed by atoms with Crippen molar-refractivity contribution in [1.82, 2.24) is 0 Å². The highest BCUT2D eigenvalue weighted by Crippen LogP contribution is 2.33. The Kier molecular flexibility index (Phi) is 5.58. The average Bonchev–Trinajstić information content (AvgIpc) is 2.46. The smallest absolute Gasteiger partial charge is 0.171 e. The highest BCUT2D eigenvalue weighted by Gasteiger charge is 2.09. The van der Waals surface area contributed by atoms with Gasteiger partial charge in [-0.3, -0.25) is 0 Å². The Morgan fingerprint density at radius 2 is 2.10 bits per heavy atom. The van der Waals surface area contributed by atoms with Gasteiger partial charge in [-0.1, -0.05) is 17.7 Å². The van der Waals surface area contributed by atoms with E-state index in [0.717, 1.165) is 25.4 Å². The normalized spacial score (nSPS) is 10.5. The summed E-state index contributed by atoms with van der Waals surface area (Å²) in [6, 6.07) is 9.58. The van der Waals surface area contributed by atoms with Crippen LogP contribution in [-0.2, 0) is 6.54 Å². The first-order valence-electron chi connectivity index (χ1n) is 6.66. The number of benzene rings is 2. The van der Waals surface area contributed by atoms with Crippen molar-refractivity contribution < 1.29 is 9.84 Å². The SMILES string of the molecule is CCOc1cc(CNc2cccc(Cl)c2C)cc(I)c1O. The summed E-state index contributed by atoms with van der Waals surface area (Å²) in [5, 5.41) is 14.1. The summed E-state index contributed by atoms with van der Waals surface area (Å²) in [4.78, 5) is 0. The monoisotopic (exact) mass is 417 g/mol. The number of halogens is 2. The summed E-state index contributed by atoms with van der Waals surface area (Å²) in [7, 11) is 0. The quantitative estimate of drug-likeness (QED) is 0.675. The van der Waals surface area contributed by atoms with Crippen LogP contribution in [0.2, 0.25) is 5.02 Å². The molecule has 2 N–H and O–H groups in total. The molecule has 0 aliphatic carbocycles. The maximum absolute atomic E-state index is 9.95. The molecule has 3 nitrogen and oxygen atoms in total. The van der Waals surface area contributed by atoms with E-state index in [1.54, 1.807) is 0 Å². The molecule has 21 heavy (non-hydrogen) atoms. The number of nitrogens with one attached hydrogen (secondary N) is 1. The first-order valence-corrected chi connectivity index (χ1v) is 8.11. The second-order valence-electron chi connectivity index (χ2n) is 4.62. The van der Waals surface area contributed by atoms with Crippen molar-refractivity contribution in [3.8, 4) is 11.5 Å². The molecule has 0 atom stereocenters. The fourth-order valence-electron chi connectivity index (χ4n) is 1.99. The molecule has 0 aliphatic rings. The first-order chi connectivity index (χ1) is 10.0. The molecule has 0 heterocycles. The Labute approximate surface area is 143 Å². The molecule has 0 unspecified atom stereocenters. The van der Waals surface area contributed by atoms with Gasteiger partial charge in [0.2, 0.25) is 0 Å². The van der Waals surface area contributed by atoms with Crippen molar-refractivity contribution in [2.24, 2.45) is 0 Å². The lowest BCUT2D eigenvalue weighted by Gasteiger charge is -2.13. The zero-order valence-corrected chi connectivity index (χ0v) is 14.8. The Hall–Kier alpha value is -1.14. The third-order valence-electron chi connectivity index (χ3n) is 3.14. The minimum absolute atomic E-state index is 0.195. The van der Waals surface area contributed by atoms with Crippen molar-refractivity contribution in [3.05, 3.63) is 50.1 Å². The van der Waals surface area contributed by atoms with E-state index in [9.17, 15) is 5.11 Å². The minimum Gasteiger partial charge on any atom is -0.504 e. The molecule has 0 amide bonds. The van der Waals surface area contributed by atoms with Crippen molar-refractivity contribution in [2.75, 3.05) is 11.9 Å². The largest absolute Gasteiger partial charge is 0.504 e. The van der Waals surface area contributed by atoms with Gasteiger partial charge in [0, 0.05) is 17.3 Å². The fourth-order valence-corrected chi connectivity index (χ4v) is 2.83. The van der Waals surface area contributed by atoms with Gasteiger partial charge in [-0.2, -0.15) is 0 Å². The molecule has 0 aromatic heterocycles. The second-order valence-corrected chi connectivity index (χ2v) is 6.19. The molecule has 5 heteroatoms. The van der Waals surface area contributed by atoms with Crippen LogP contribution in [0, 0.1) is 10.5 Å². The Morgan fingerprint density at radius 1 is 1.33 bits per heavy atom. The molecule has 112 valence electrons. The molecule has 2 aromatic rings. The van der Waals surface area contributed by atoms with Gasteiger partial charge >= 0.3 is 0 Å². The summed E-state index contributed by atoms with van der Waals surface area (Å²) >= 11 is 8.22. The number of aromatic hydroxyl groups is 1. The molecule has 0 spiro atoms. The van der Waals surface area contributed by atoms with Crippen LogP contribution in [0.25, 0.3) is 0 Å². The number of phenolic OH excluding ortho intramolecular Hbond substituents is 1. The summed E-state index contributed by atoms with van der Waals surface area (Å²) in [6.07, 6.45) is 0. The van der Waals surface area contributed by atoms with Crippen molar-refractivity contribution in [2.45, 2.75) is 20.4 Å². The van der Waals surface area contributed by atoms with E-state index in [2.05, 4.69) is 27.9 Å². The van der Waals surface area contributed by atoms with Crippen LogP contribution in [-0.4, -0.2) is 11.7 Å². The number of hydrogen-bond donors (Lipinski definition) is 2. The maximum atomic E-state index is 9.95. The van der Waals surface area contributed by atoms with Crippen molar-refractivity contribution in [3.63, 3.8) is 0 Å². The van der Waals surface area contributed by atoms with Crippen LogP contribution >= 0.6 is 34.2 Å². The van der Waals surface area contributed by atoms with Crippen LogP contribution in [0.1, 0.15) is 18.1 Å². The molecule has 0 fully saturated rings. The van der Waals surface area contributed by atoms with E-state index >= 15 is 0 Å². The van der Waals surface area contributed by atoms with Gasteiger partial charge in [-0.15, -0.1) is 0 Å². The van der Waals surface area contributed by atoms with Crippen LogP contribution < -0.4 is 10.1 Å². The zero-order chi connectivity index (χ0) is 15.4. The summed E-state index contributed by atoms with van der Waals surface area (Å²) in [6.45, 7) is 5.04. The van der Waals surface area contributed by atoms with Crippen LogP contribution in [0.3, 0.4) is 0 Å². The maximum Gasteiger partial charge on any atom is 0.171 e. The Balaban J connectivity index is 2.18. The van der Waals surface area contributed by atoms with Gasteiger partial charge < -0.3 is 15.2 Å². The van der Waals surface area contributed by atoms with E-state index in [4.69, 9.17) is 16.3 Å². The average molecular weight is 418 g/mol. The fraction of sp³-hybridized carbons (Fsp3) is 0.250. The van der Waals surface area contributed by atoms with E-state index in [-0.39, 0.29) is 5.75 Å². The van der Waals surface area contributed by atoms with E-state index in [1.165, 1.54) is 0 Å². The third kappa shape index (κ3) is 3.95. The van der Waals surface area contributed by atoms with Gasteiger partial charge in [0.15, 0.2) is 11.5 Å². The predicted molar refractivity (Wildman–Crippen MR) is 95.5 cm³/mol. The first kappa shape index (κ1) is 16.2. The number of rotatable bonds is 5. The van der Waals surface area contributed by atoms with E-state index < -0.39 is 0 Å². The van der Waals surface area contributed by atoms with Crippen LogP contribution in [0.15, 0.2) is 30.3 Å². The lowest BCUT2D eigenvalue weighted by molar-refractivity contribution is 0.317. The van der Waals surface area contributed by atoms with Crippen molar-refractivity contribution in [1.29, 1.82) is 0 Å². The Bertz CT molecular complexity index is 646. The van der Waals surface area contributed by atoms with E-state index in [1.807, 2.05) is 44.2 Å². The lowest BCUT2D eigenvalue weighted by atomic mass is 10.1. The highest BCUT2D eigenvalue weighted by molar-refractivity contribution is 14.1. The number of anilines is 1. The molecule has 2 aromatic carbocycles. The third-order valence-corrected chi connectivity index (χ3v) is 4.37. The van der Waals surface area contributed by atoms with Gasteiger partial charge in [0.25, 0.3) is 0 Å². The molecular formula is C16H17ClINO2. The minimum atomic E-state index is 0.195. The number of phenols is 1. The summed E-state index contributed by atoms with van der Waals surface area (Å²) in [5.41, 5.74) is 3.07. The lowest BCUT2D eigenvalue weighted by Crippen LogP contribution is -2.03. The van der Waals surface area contributed by atoms with Gasteiger partial charge in [0.1, 0.15) is 0 Å². The molecular weight excluding hydrogens is 401 g/mol. The van der Waals surface area contributed by atoms with Crippen LogP contribution in [0.5, 0.6) is 11.5 Å². The zero-order valence-electron chi connectivity index (χ0n) is 11.9. The molecule has 0 bridgehead atoms. The molecule has 0 saturated carbocycles. The molecule has 0 aliphatic heterocycles. The predicted octanol–water partition coefficient (Wildman–Crippen LogP) is 4.97. The molecule has 2 rings (SSSR count). The topological polar surface area (TPSA) is 41.5 Å². The van der Waals surface area contributed by atoms with Gasteiger partial charge in [0.05, 0.1) is 10.2 Å². The van der Waals surface area contributed by atoms with Gasteiger partial charge in [-0.05, 0) is 71.8 Å². The standard InChI is InChI=1S/C16H17ClINO2/c1-3-21-15-8-11(7-13(18)16(15)20)9-19-14-6-4-5-12(17)10(14)2/h4-8,19-20H,3,9H2,1-2H3. The highest BCUT2D eigenvalue weighted by atomic mass is 127.